The lowest BCUT2D eigenvalue weighted by molar-refractivity contribution is -0.0981. The molecule has 2 heterocycles. The number of hydrogen-bond acceptors (Lipinski definition) is 12. The minimum atomic E-state index is -1.82. The van der Waals surface area contributed by atoms with Crippen LogP contribution in [0.3, 0.4) is 0 Å². The van der Waals surface area contributed by atoms with Gasteiger partial charge in [0.25, 0.3) is 14.1 Å². The molecular formula is C46H62N5O9P. The molecule has 61 heavy (non-hydrogen) atoms. The van der Waals surface area contributed by atoms with Crippen LogP contribution >= 0.6 is 8.53 Å². The van der Waals surface area contributed by atoms with Gasteiger partial charge in [-0.15, -0.1) is 0 Å². The summed E-state index contributed by atoms with van der Waals surface area (Å²) in [6.07, 6.45) is -1.96. The van der Waals surface area contributed by atoms with Crippen LogP contribution in [0.5, 0.6) is 11.5 Å². The molecule has 4 aromatic rings. The number of aromatic amines is 1. The fourth-order valence-corrected chi connectivity index (χ4v) is 9.45. The average Bonchev–Trinajstić information content (AvgIpc) is 3.60. The van der Waals surface area contributed by atoms with Crippen molar-refractivity contribution in [3.05, 3.63) is 128 Å². The number of methoxy groups -OCH3 is 2. The van der Waals surface area contributed by atoms with Crippen molar-refractivity contribution in [3.8, 4) is 17.6 Å². The number of benzene rings is 3. The van der Waals surface area contributed by atoms with Gasteiger partial charge in [0.05, 0.1) is 46.5 Å². The molecule has 0 bridgehead atoms. The van der Waals surface area contributed by atoms with Crippen LogP contribution in [-0.2, 0) is 28.9 Å². The van der Waals surface area contributed by atoms with E-state index in [1.165, 1.54) is 10.8 Å². The van der Waals surface area contributed by atoms with Gasteiger partial charge in [-0.25, -0.2) is 9.46 Å². The van der Waals surface area contributed by atoms with Gasteiger partial charge in [0.1, 0.15) is 35.4 Å². The molecule has 1 saturated heterocycles. The fraction of sp³-hybridized carbons (Fsp3) is 0.500. The predicted molar refractivity (Wildman–Crippen MR) is 236 cm³/mol. The van der Waals surface area contributed by atoms with Crippen molar-refractivity contribution in [2.45, 2.75) is 97.1 Å². The molecule has 15 heteroatoms. The molecule has 3 aromatic carbocycles. The Bertz CT molecular complexity index is 2050. The lowest BCUT2D eigenvalue weighted by Crippen LogP contribution is -2.44. The maximum Gasteiger partial charge on any atom is 0.330 e. The van der Waals surface area contributed by atoms with E-state index in [4.69, 9.17) is 32.7 Å². The average molecular weight is 860 g/mol. The van der Waals surface area contributed by atoms with Crippen molar-refractivity contribution in [1.29, 1.82) is 5.26 Å². The summed E-state index contributed by atoms with van der Waals surface area (Å²) in [7, 11) is 1.44. The first-order chi connectivity index (χ1) is 29.4. The summed E-state index contributed by atoms with van der Waals surface area (Å²) in [5.41, 5.74) is 0.491. The first kappa shape index (κ1) is 47.6. The third-order valence-corrected chi connectivity index (χ3v) is 13.0. The van der Waals surface area contributed by atoms with Crippen LogP contribution in [-0.4, -0.2) is 103 Å². The van der Waals surface area contributed by atoms with Crippen molar-refractivity contribution in [1.82, 2.24) is 19.1 Å². The van der Waals surface area contributed by atoms with Crippen molar-refractivity contribution in [2.24, 2.45) is 0 Å². The minimum absolute atomic E-state index is 0.00314. The van der Waals surface area contributed by atoms with Crippen molar-refractivity contribution >= 4 is 8.53 Å². The smallest absolute Gasteiger partial charge is 0.330 e. The van der Waals surface area contributed by atoms with E-state index in [0.717, 1.165) is 29.8 Å². The van der Waals surface area contributed by atoms with Crippen molar-refractivity contribution in [2.75, 3.05) is 53.7 Å². The Balaban J connectivity index is 1.70. The van der Waals surface area contributed by atoms with Crippen molar-refractivity contribution < 1.29 is 32.7 Å². The summed E-state index contributed by atoms with van der Waals surface area (Å²) in [4.78, 5) is 31.0. The molecule has 1 unspecified atom stereocenters. The minimum Gasteiger partial charge on any atom is -0.497 e. The van der Waals surface area contributed by atoms with Crippen LogP contribution in [0.15, 0.2) is 94.6 Å². The van der Waals surface area contributed by atoms with Gasteiger partial charge in [0.15, 0.2) is 6.23 Å². The van der Waals surface area contributed by atoms with E-state index >= 15 is 0 Å². The number of hydrogen-bond donors (Lipinski definition) is 1. The molecule has 0 radical (unpaired) electrons. The zero-order chi connectivity index (χ0) is 44.1. The summed E-state index contributed by atoms with van der Waals surface area (Å²) < 4.78 is 49.4. The van der Waals surface area contributed by atoms with Gasteiger partial charge < -0.3 is 37.6 Å². The van der Waals surface area contributed by atoms with Gasteiger partial charge >= 0.3 is 5.69 Å². The van der Waals surface area contributed by atoms with Gasteiger partial charge in [-0.1, -0.05) is 68.4 Å². The highest BCUT2D eigenvalue weighted by molar-refractivity contribution is 7.44. The molecule has 5 atom stereocenters. The van der Waals surface area contributed by atoms with Gasteiger partial charge in [-0.05, 0) is 88.7 Å². The second-order valence-electron chi connectivity index (χ2n) is 15.3. The summed E-state index contributed by atoms with van der Waals surface area (Å²) >= 11 is 0. The number of nitriles is 1. The number of H-pyrrole nitrogens is 1. The van der Waals surface area contributed by atoms with Crippen LogP contribution in [0.2, 0.25) is 0 Å². The number of likely N-dealkylation sites (N-methyl/N-ethyl adjacent to an activating group) is 1. The number of rotatable bonds is 23. The number of nitrogens with zero attached hydrogens (tertiary/aromatic N) is 4. The van der Waals surface area contributed by atoms with Crippen LogP contribution < -0.4 is 20.7 Å². The second kappa shape index (κ2) is 22.6. The molecule has 0 aliphatic carbocycles. The van der Waals surface area contributed by atoms with Crippen LogP contribution in [0.4, 0.5) is 0 Å². The lowest BCUT2D eigenvalue weighted by Gasteiger charge is -2.39. The number of nitrogens with one attached hydrogen (secondary N) is 1. The van der Waals surface area contributed by atoms with Crippen molar-refractivity contribution in [3.63, 3.8) is 0 Å². The summed E-state index contributed by atoms with van der Waals surface area (Å²) in [5, 5.41) is 9.49. The molecule has 1 N–H and O–H groups in total. The molecule has 0 saturated carbocycles. The Hall–Kier alpha value is -4.42. The van der Waals surface area contributed by atoms with E-state index in [9.17, 15) is 14.9 Å². The number of aromatic nitrogens is 2. The van der Waals surface area contributed by atoms with E-state index in [1.807, 2.05) is 78.9 Å². The largest absolute Gasteiger partial charge is 0.497 e. The standard InChI is InChI=1S/C46H62N5O9P/c1-10-49(11-2)27-29-56-42-41(60-61(58-28-15-26-47)51(32(3)4)33(5)6)40(59-44(42)50-30-34(7)43(52)48-45(50)53)31-57-46(35-16-13-12-14-17-35,36-18-22-38(54-8)23-19-36)37-20-24-39(55-9)25-21-37/h12-14,16-25,30,32-33,40-42,44H,10-11,15,27-29,31H2,1-9H3,(H,48,52,53)/t40-,41-,42-,44-,61?/m1/s1. The zero-order valence-corrected chi connectivity index (χ0v) is 37.8. The molecule has 1 aromatic heterocycles. The predicted octanol–water partition coefficient (Wildman–Crippen LogP) is 7.16. The molecule has 0 spiro atoms. The maximum absolute atomic E-state index is 13.7. The maximum atomic E-state index is 13.7. The van der Waals surface area contributed by atoms with E-state index in [2.05, 4.69) is 62.2 Å². The molecule has 330 valence electrons. The first-order valence-electron chi connectivity index (χ1n) is 21.0. The SMILES string of the molecule is CCN(CC)CCO[C@@H]1[C@H](OP(OCCC#N)N(C(C)C)C(C)C)[C@@H](COC(c2ccccc2)(c2ccc(OC)cc2)c2ccc(OC)cc2)O[C@H]1n1cc(C)c(=O)[nH]c1=O. The van der Waals surface area contributed by atoms with E-state index in [0.29, 0.717) is 30.2 Å². The molecule has 1 aliphatic heterocycles. The molecule has 1 fully saturated rings. The highest BCUT2D eigenvalue weighted by Crippen LogP contribution is 2.51. The van der Waals surface area contributed by atoms with Gasteiger partial charge in [0.2, 0.25) is 0 Å². The molecule has 5 rings (SSSR count). The van der Waals surface area contributed by atoms with Crippen LogP contribution in [0.25, 0.3) is 0 Å². The molecular weight excluding hydrogens is 798 g/mol. The summed E-state index contributed by atoms with van der Waals surface area (Å²) in [6, 6.07) is 27.6. The Morgan fingerprint density at radius 1 is 0.852 bits per heavy atom. The topological polar surface area (TPSA) is 150 Å². The lowest BCUT2D eigenvalue weighted by atomic mass is 9.80. The highest BCUT2D eigenvalue weighted by atomic mass is 31.2. The Morgan fingerprint density at radius 3 is 1.95 bits per heavy atom. The fourth-order valence-electron chi connectivity index (χ4n) is 7.68. The normalized spacial score (nSPS) is 18.6. The third kappa shape index (κ3) is 11.3. The van der Waals surface area contributed by atoms with E-state index in [-0.39, 0.29) is 31.7 Å². The monoisotopic (exact) mass is 859 g/mol. The quantitative estimate of drug-likeness (QED) is 0.0459. The second-order valence-corrected chi connectivity index (χ2v) is 16.7. The molecule has 0 amide bonds. The summed E-state index contributed by atoms with van der Waals surface area (Å²) in [6.45, 7) is 16.8. The van der Waals surface area contributed by atoms with Crippen LogP contribution in [0, 0.1) is 18.3 Å². The van der Waals surface area contributed by atoms with Gasteiger partial charge in [-0.2, -0.15) is 5.26 Å². The van der Waals surface area contributed by atoms with Gasteiger partial charge in [0, 0.05) is 30.4 Å². The zero-order valence-electron chi connectivity index (χ0n) is 36.9. The van der Waals surface area contributed by atoms with Gasteiger partial charge in [-0.3, -0.25) is 14.3 Å². The molecule has 1 aliphatic rings. The Kier molecular flexibility index (Phi) is 17.7. The van der Waals surface area contributed by atoms with Crippen LogP contribution in [0.1, 0.15) is 76.4 Å². The van der Waals surface area contributed by atoms with E-state index < -0.39 is 49.9 Å². The summed E-state index contributed by atoms with van der Waals surface area (Å²) in [5.74, 6) is 1.37. The Labute approximate surface area is 361 Å². The third-order valence-electron chi connectivity index (χ3n) is 10.8. The Morgan fingerprint density at radius 2 is 1.43 bits per heavy atom. The number of aryl methyl sites for hydroxylation is 1. The number of ether oxygens (including phenoxy) is 5. The van der Waals surface area contributed by atoms with E-state index in [1.54, 1.807) is 21.1 Å². The highest BCUT2D eigenvalue weighted by Gasteiger charge is 2.51. The molecule has 14 nitrogen and oxygen atoms in total. The first-order valence-corrected chi connectivity index (χ1v) is 22.1.